The number of nitrogens with two attached hydrogens (primary N) is 1. The predicted molar refractivity (Wildman–Crippen MR) is 71.4 cm³/mol. The van der Waals surface area contributed by atoms with Gasteiger partial charge in [-0.05, 0) is 24.7 Å². The Bertz CT molecular complexity index is 413. The van der Waals surface area contributed by atoms with Gasteiger partial charge in [-0.25, -0.2) is 4.98 Å². The number of aliphatic hydroxyl groups is 1. The summed E-state index contributed by atoms with van der Waals surface area (Å²) >= 11 is 1.24. The van der Waals surface area contributed by atoms with Gasteiger partial charge >= 0.3 is 0 Å². The number of carbonyl (C=O) groups is 1. The highest BCUT2D eigenvalue weighted by atomic mass is 32.1. The summed E-state index contributed by atoms with van der Waals surface area (Å²) < 4.78 is 0. The molecule has 0 saturated carbocycles. The van der Waals surface area contributed by atoms with Gasteiger partial charge < -0.3 is 15.7 Å². The first-order valence-corrected chi connectivity index (χ1v) is 7.05. The van der Waals surface area contributed by atoms with Crippen LogP contribution >= 0.6 is 11.3 Å². The van der Waals surface area contributed by atoms with Gasteiger partial charge in [-0.2, -0.15) is 0 Å². The molecular weight excluding hydrogens is 250 g/mol. The van der Waals surface area contributed by atoms with E-state index in [-0.39, 0.29) is 12.5 Å². The fourth-order valence-corrected chi connectivity index (χ4v) is 3.02. The molecule has 0 radical (unpaired) electrons. The molecule has 1 aromatic heterocycles. The third-order valence-corrected chi connectivity index (χ3v) is 4.47. The summed E-state index contributed by atoms with van der Waals surface area (Å²) in [6.45, 7) is 3.80. The first kappa shape index (κ1) is 13.3. The van der Waals surface area contributed by atoms with Crippen LogP contribution < -0.4 is 5.73 Å². The van der Waals surface area contributed by atoms with Crippen LogP contribution in [-0.4, -0.2) is 40.6 Å². The van der Waals surface area contributed by atoms with Crippen LogP contribution in [0.4, 0.5) is 5.13 Å². The van der Waals surface area contributed by atoms with Crippen LogP contribution in [0.5, 0.6) is 0 Å². The summed E-state index contributed by atoms with van der Waals surface area (Å²) in [4.78, 5) is 18.5. The number of aromatic nitrogens is 1. The first-order valence-electron chi connectivity index (χ1n) is 6.23. The van der Waals surface area contributed by atoms with Crippen molar-refractivity contribution in [2.75, 3.05) is 25.4 Å². The maximum atomic E-state index is 12.2. The number of amides is 1. The number of nitrogens with zero attached hydrogens (tertiary/aromatic N) is 2. The molecule has 1 atom stereocenters. The lowest BCUT2D eigenvalue weighted by molar-refractivity contribution is 0.0637. The van der Waals surface area contributed by atoms with Crippen LogP contribution in [0, 0.1) is 11.8 Å². The Morgan fingerprint density at radius 3 is 2.83 bits per heavy atom. The normalized spacial score (nSPS) is 18.9. The smallest absolute Gasteiger partial charge is 0.265 e. The summed E-state index contributed by atoms with van der Waals surface area (Å²) in [6, 6.07) is 0. The molecule has 1 saturated heterocycles. The number of piperidine rings is 1. The van der Waals surface area contributed by atoms with Crippen molar-refractivity contribution in [1.82, 2.24) is 9.88 Å². The molecule has 0 bridgehead atoms. The van der Waals surface area contributed by atoms with Gasteiger partial charge in [0, 0.05) is 19.7 Å². The zero-order valence-electron chi connectivity index (χ0n) is 10.5. The highest BCUT2D eigenvalue weighted by Crippen LogP contribution is 2.26. The van der Waals surface area contributed by atoms with E-state index in [4.69, 9.17) is 10.8 Å². The van der Waals surface area contributed by atoms with E-state index in [9.17, 15) is 4.79 Å². The van der Waals surface area contributed by atoms with E-state index in [1.807, 2.05) is 4.90 Å². The summed E-state index contributed by atoms with van der Waals surface area (Å²) in [5.74, 6) is 0.867. The molecule has 1 aromatic rings. The van der Waals surface area contributed by atoms with Gasteiger partial charge in [-0.3, -0.25) is 4.79 Å². The number of likely N-dealkylation sites (tertiary alicyclic amines) is 1. The van der Waals surface area contributed by atoms with Crippen LogP contribution in [0.15, 0.2) is 6.20 Å². The van der Waals surface area contributed by atoms with Gasteiger partial charge in [-0.15, -0.1) is 0 Å². The number of anilines is 1. The van der Waals surface area contributed by atoms with E-state index in [1.165, 1.54) is 11.3 Å². The molecule has 18 heavy (non-hydrogen) atoms. The first-order chi connectivity index (χ1) is 8.61. The minimum absolute atomic E-state index is 0.0271. The Morgan fingerprint density at radius 1 is 1.67 bits per heavy atom. The largest absolute Gasteiger partial charge is 0.396 e. The van der Waals surface area contributed by atoms with Crippen LogP contribution in [0.1, 0.15) is 29.4 Å². The molecule has 0 aromatic carbocycles. The average molecular weight is 269 g/mol. The van der Waals surface area contributed by atoms with E-state index in [0.29, 0.717) is 21.8 Å². The van der Waals surface area contributed by atoms with Crippen molar-refractivity contribution < 1.29 is 9.90 Å². The molecule has 1 unspecified atom stereocenters. The number of rotatable bonds is 3. The Kier molecular flexibility index (Phi) is 4.19. The average Bonchev–Trinajstić information content (AvgIpc) is 2.84. The monoisotopic (exact) mass is 269 g/mol. The highest BCUT2D eigenvalue weighted by molar-refractivity contribution is 7.17. The van der Waals surface area contributed by atoms with Gasteiger partial charge in [-0.1, -0.05) is 18.3 Å². The standard InChI is InChI=1S/C12H19N3O2S/c1-8(7-16)9-2-4-15(5-3-9)11(17)10-6-14-12(13)18-10/h6,8-9,16H,2-5,7H2,1H3,(H2,13,14). The Hall–Kier alpha value is -1.14. The molecule has 1 aliphatic heterocycles. The molecule has 6 heteroatoms. The number of nitrogen functional groups attached to an aromatic ring is 1. The molecule has 1 fully saturated rings. The summed E-state index contributed by atoms with van der Waals surface area (Å²) in [7, 11) is 0. The fourth-order valence-electron chi connectivity index (χ4n) is 2.36. The zero-order valence-corrected chi connectivity index (χ0v) is 11.3. The summed E-state index contributed by atoms with van der Waals surface area (Å²) in [5.41, 5.74) is 5.53. The van der Waals surface area contributed by atoms with E-state index >= 15 is 0 Å². The lowest BCUT2D eigenvalue weighted by Crippen LogP contribution is -2.39. The second-order valence-electron chi connectivity index (χ2n) is 4.85. The van der Waals surface area contributed by atoms with Crippen LogP contribution in [0.25, 0.3) is 0 Å². The van der Waals surface area contributed by atoms with Crippen molar-refractivity contribution in [2.24, 2.45) is 11.8 Å². The quantitative estimate of drug-likeness (QED) is 0.864. The third kappa shape index (κ3) is 2.81. The van der Waals surface area contributed by atoms with Crippen molar-refractivity contribution in [3.05, 3.63) is 11.1 Å². The van der Waals surface area contributed by atoms with E-state index in [2.05, 4.69) is 11.9 Å². The Balaban J connectivity index is 1.92. The molecule has 100 valence electrons. The molecule has 3 N–H and O–H groups in total. The molecule has 0 spiro atoms. The molecule has 1 amide bonds. The van der Waals surface area contributed by atoms with Crippen molar-refractivity contribution in [3.63, 3.8) is 0 Å². The van der Waals surface area contributed by atoms with E-state index in [1.54, 1.807) is 6.20 Å². The fraction of sp³-hybridized carbons (Fsp3) is 0.667. The highest BCUT2D eigenvalue weighted by Gasteiger charge is 2.27. The van der Waals surface area contributed by atoms with Crippen molar-refractivity contribution in [3.8, 4) is 0 Å². The minimum atomic E-state index is 0.0271. The lowest BCUT2D eigenvalue weighted by atomic mass is 9.86. The number of thiazole rings is 1. The number of aliphatic hydroxyl groups excluding tert-OH is 1. The van der Waals surface area contributed by atoms with E-state index < -0.39 is 0 Å². The molecule has 1 aliphatic rings. The number of carbonyl (C=O) groups excluding carboxylic acids is 1. The van der Waals surface area contributed by atoms with Gasteiger partial charge in [0.2, 0.25) is 0 Å². The zero-order chi connectivity index (χ0) is 13.1. The number of hydrogen-bond donors (Lipinski definition) is 2. The minimum Gasteiger partial charge on any atom is -0.396 e. The van der Waals surface area contributed by atoms with Gasteiger partial charge in [0.15, 0.2) is 5.13 Å². The Labute approximate surface area is 111 Å². The summed E-state index contributed by atoms with van der Waals surface area (Å²) in [6.07, 6.45) is 3.47. The van der Waals surface area contributed by atoms with Crippen LogP contribution in [-0.2, 0) is 0 Å². The van der Waals surface area contributed by atoms with Crippen molar-refractivity contribution >= 4 is 22.4 Å². The Morgan fingerprint density at radius 2 is 2.33 bits per heavy atom. The lowest BCUT2D eigenvalue weighted by Gasteiger charge is -2.34. The van der Waals surface area contributed by atoms with Crippen molar-refractivity contribution in [2.45, 2.75) is 19.8 Å². The number of hydrogen-bond acceptors (Lipinski definition) is 5. The van der Waals surface area contributed by atoms with Crippen LogP contribution in [0.3, 0.4) is 0 Å². The molecular formula is C12H19N3O2S. The second-order valence-corrected chi connectivity index (χ2v) is 5.91. The van der Waals surface area contributed by atoms with Gasteiger partial charge in [0.05, 0.1) is 6.20 Å². The SMILES string of the molecule is CC(CO)C1CCN(C(=O)c2cnc(N)s2)CC1. The molecule has 2 rings (SSSR count). The molecule has 0 aliphatic carbocycles. The third-order valence-electron chi connectivity index (χ3n) is 3.65. The maximum absolute atomic E-state index is 12.2. The van der Waals surface area contributed by atoms with Crippen LogP contribution in [0.2, 0.25) is 0 Å². The van der Waals surface area contributed by atoms with Gasteiger partial charge in [0.1, 0.15) is 4.88 Å². The summed E-state index contributed by atoms with van der Waals surface area (Å²) in [5, 5.41) is 9.57. The van der Waals surface area contributed by atoms with Gasteiger partial charge in [0.25, 0.3) is 5.91 Å². The maximum Gasteiger partial charge on any atom is 0.265 e. The molecule has 2 heterocycles. The molecule has 5 nitrogen and oxygen atoms in total. The van der Waals surface area contributed by atoms with E-state index in [0.717, 1.165) is 25.9 Å². The topological polar surface area (TPSA) is 79.5 Å². The predicted octanol–water partition coefficient (Wildman–Crippen LogP) is 1.21. The second kappa shape index (κ2) is 5.67. The van der Waals surface area contributed by atoms with Crippen molar-refractivity contribution in [1.29, 1.82) is 0 Å².